The molecule has 0 saturated carbocycles. The Labute approximate surface area is 180 Å². The molecule has 6 nitrogen and oxygen atoms in total. The standard InChI is InChI=1S/C25H21N3O3/c1-27-20-9-5-4-8-17(20)18(25(27)29)15-19-21-10-6-7-13-28(21)24(26-19)16-11-12-22(30-2)23(14-16)31-3/h4-15H,1-3H3/b18-15+. The minimum absolute atomic E-state index is 0.0362. The lowest BCUT2D eigenvalue weighted by atomic mass is 10.1. The van der Waals surface area contributed by atoms with E-state index in [9.17, 15) is 4.79 Å². The molecule has 3 heterocycles. The minimum Gasteiger partial charge on any atom is -0.493 e. The molecule has 0 radical (unpaired) electrons. The van der Waals surface area contributed by atoms with Gasteiger partial charge < -0.3 is 14.4 Å². The molecule has 1 aliphatic heterocycles. The Kier molecular flexibility index (Phi) is 4.47. The van der Waals surface area contributed by atoms with Gasteiger partial charge in [0.1, 0.15) is 5.82 Å². The van der Waals surface area contributed by atoms with Crippen molar-refractivity contribution >= 4 is 28.8 Å². The number of hydrogen-bond donors (Lipinski definition) is 0. The van der Waals surface area contributed by atoms with Gasteiger partial charge in [-0.15, -0.1) is 0 Å². The van der Waals surface area contributed by atoms with Crippen molar-refractivity contribution in [2.45, 2.75) is 0 Å². The first-order valence-electron chi connectivity index (χ1n) is 9.91. The predicted molar refractivity (Wildman–Crippen MR) is 121 cm³/mol. The number of aromatic nitrogens is 2. The molecule has 0 bridgehead atoms. The third-order valence-electron chi connectivity index (χ3n) is 5.59. The van der Waals surface area contributed by atoms with Gasteiger partial charge in [-0.3, -0.25) is 9.20 Å². The fraction of sp³-hybridized carbons (Fsp3) is 0.120. The molecule has 0 unspecified atom stereocenters. The molecule has 6 heteroatoms. The second-order valence-electron chi connectivity index (χ2n) is 7.29. The van der Waals surface area contributed by atoms with Crippen LogP contribution in [0.5, 0.6) is 11.5 Å². The lowest BCUT2D eigenvalue weighted by molar-refractivity contribution is -0.112. The maximum Gasteiger partial charge on any atom is 0.258 e. The molecule has 0 fully saturated rings. The van der Waals surface area contributed by atoms with Gasteiger partial charge in [-0.2, -0.15) is 0 Å². The Hall–Kier alpha value is -4.06. The van der Waals surface area contributed by atoms with E-state index < -0.39 is 0 Å². The van der Waals surface area contributed by atoms with Gasteiger partial charge in [-0.1, -0.05) is 24.3 Å². The summed E-state index contributed by atoms with van der Waals surface area (Å²) in [5.41, 5.74) is 5.00. The number of imidazole rings is 1. The number of carbonyl (C=O) groups is 1. The summed E-state index contributed by atoms with van der Waals surface area (Å²) < 4.78 is 12.8. The Morgan fingerprint density at radius 2 is 1.71 bits per heavy atom. The first-order chi connectivity index (χ1) is 15.1. The first kappa shape index (κ1) is 18.9. The van der Waals surface area contributed by atoms with Crippen LogP contribution in [0.4, 0.5) is 5.69 Å². The Morgan fingerprint density at radius 3 is 2.52 bits per heavy atom. The number of rotatable bonds is 4. The maximum absolute atomic E-state index is 12.9. The maximum atomic E-state index is 12.9. The fourth-order valence-corrected chi connectivity index (χ4v) is 4.02. The first-order valence-corrected chi connectivity index (χ1v) is 9.91. The molecule has 1 amide bonds. The predicted octanol–water partition coefficient (Wildman–Crippen LogP) is 4.54. The molecule has 0 atom stereocenters. The van der Waals surface area contributed by atoms with Crippen LogP contribution in [0.25, 0.3) is 28.6 Å². The smallest absolute Gasteiger partial charge is 0.258 e. The molecule has 0 N–H and O–H groups in total. The Balaban J connectivity index is 1.70. The summed E-state index contributed by atoms with van der Waals surface area (Å²) in [7, 11) is 5.02. The number of anilines is 1. The van der Waals surface area contributed by atoms with E-state index in [1.807, 2.05) is 77.3 Å². The lowest BCUT2D eigenvalue weighted by Gasteiger charge is -2.09. The van der Waals surface area contributed by atoms with Crippen LogP contribution >= 0.6 is 0 Å². The number of nitrogens with zero attached hydrogens (tertiary/aromatic N) is 3. The molecular weight excluding hydrogens is 390 g/mol. The summed E-state index contributed by atoms with van der Waals surface area (Å²) in [4.78, 5) is 19.5. The fourth-order valence-electron chi connectivity index (χ4n) is 4.02. The number of carbonyl (C=O) groups excluding carboxylic acids is 1. The Bertz CT molecular complexity index is 1350. The summed E-state index contributed by atoms with van der Waals surface area (Å²) in [6.07, 6.45) is 3.84. The van der Waals surface area contributed by atoms with Crippen molar-refractivity contribution < 1.29 is 14.3 Å². The highest BCUT2D eigenvalue weighted by Crippen LogP contribution is 2.38. The monoisotopic (exact) mass is 411 g/mol. The molecule has 2 aromatic heterocycles. The van der Waals surface area contributed by atoms with Gasteiger partial charge in [0.15, 0.2) is 11.5 Å². The van der Waals surface area contributed by atoms with Gasteiger partial charge in [-0.25, -0.2) is 4.98 Å². The van der Waals surface area contributed by atoms with Gasteiger partial charge in [0, 0.05) is 24.4 Å². The quantitative estimate of drug-likeness (QED) is 0.463. The molecule has 31 heavy (non-hydrogen) atoms. The van der Waals surface area contributed by atoms with Crippen molar-refractivity contribution in [3.63, 3.8) is 0 Å². The number of methoxy groups -OCH3 is 2. The highest BCUT2D eigenvalue weighted by atomic mass is 16.5. The molecule has 2 aromatic carbocycles. The summed E-state index contributed by atoms with van der Waals surface area (Å²) in [5, 5.41) is 0. The van der Waals surface area contributed by atoms with E-state index in [4.69, 9.17) is 14.5 Å². The molecule has 0 spiro atoms. The van der Waals surface area contributed by atoms with Crippen LogP contribution in [0, 0.1) is 0 Å². The van der Waals surface area contributed by atoms with Gasteiger partial charge in [0.25, 0.3) is 5.91 Å². The normalized spacial score (nSPS) is 14.4. The molecule has 5 rings (SSSR count). The molecule has 154 valence electrons. The highest BCUT2D eigenvalue weighted by Gasteiger charge is 2.29. The number of hydrogen-bond acceptors (Lipinski definition) is 4. The van der Waals surface area contributed by atoms with Crippen molar-refractivity contribution in [2.75, 3.05) is 26.2 Å². The molecule has 0 saturated heterocycles. The van der Waals surface area contributed by atoms with Gasteiger partial charge in [0.05, 0.1) is 36.7 Å². The zero-order valence-corrected chi connectivity index (χ0v) is 17.5. The van der Waals surface area contributed by atoms with E-state index >= 15 is 0 Å². The zero-order chi connectivity index (χ0) is 21.5. The van der Waals surface area contributed by atoms with Crippen molar-refractivity contribution in [2.24, 2.45) is 0 Å². The largest absolute Gasteiger partial charge is 0.493 e. The SMILES string of the molecule is COc1ccc(-c2nc(/C=C3/C(=O)N(C)c4ccccc43)c3ccccn23)cc1OC. The number of fused-ring (bicyclic) bond motifs is 2. The number of amides is 1. The van der Waals surface area contributed by atoms with Crippen LogP contribution in [0.1, 0.15) is 11.3 Å². The van der Waals surface area contributed by atoms with Crippen LogP contribution in [0.15, 0.2) is 66.9 Å². The summed E-state index contributed by atoms with van der Waals surface area (Å²) in [5.74, 6) is 2.01. The molecule has 1 aliphatic rings. The molecule has 4 aromatic rings. The lowest BCUT2D eigenvalue weighted by Crippen LogP contribution is -2.20. The van der Waals surface area contributed by atoms with Gasteiger partial charge >= 0.3 is 0 Å². The Morgan fingerprint density at radius 1 is 0.935 bits per heavy atom. The van der Waals surface area contributed by atoms with E-state index in [2.05, 4.69) is 0 Å². The summed E-state index contributed by atoms with van der Waals surface area (Å²) >= 11 is 0. The molecule has 0 aliphatic carbocycles. The van der Waals surface area contributed by atoms with Gasteiger partial charge in [0.2, 0.25) is 0 Å². The van der Waals surface area contributed by atoms with Crippen LogP contribution in [0.2, 0.25) is 0 Å². The number of ether oxygens (including phenoxy) is 2. The average Bonchev–Trinajstić information content (AvgIpc) is 3.30. The third-order valence-corrected chi connectivity index (χ3v) is 5.59. The van der Waals surface area contributed by atoms with Crippen LogP contribution in [-0.2, 0) is 4.79 Å². The van der Waals surface area contributed by atoms with E-state index in [-0.39, 0.29) is 5.91 Å². The number of para-hydroxylation sites is 1. The molecular formula is C25H21N3O3. The van der Waals surface area contributed by atoms with E-state index in [0.29, 0.717) is 17.1 Å². The average molecular weight is 411 g/mol. The summed E-state index contributed by atoms with van der Waals surface area (Å²) in [6.45, 7) is 0. The van der Waals surface area contributed by atoms with Crippen LogP contribution in [-0.4, -0.2) is 36.6 Å². The second-order valence-corrected chi connectivity index (χ2v) is 7.29. The van der Waals surface area contributed by atoms with E-state index in [0.717, 1.165) is 33.8 Å². The number of pyridine rings is 1. The van der Waals surface area contributed by atoms with E-state index in [1.165, 1.54) is 0 Å². The van der Waals surface area contributed by atoms with Crippen LogP contribution < -0.4 is 14.4 Å². The van der Waals surface area contributed by atoms with Crippen molar-refractivity contribution in [3.05, 3.63) is 78.1 Å². The van der Waals surface area contributed by atoms with Crippen molar-refractivity contribution in [1.29, 1.82) is 0 Å². The third kappa shape index (κ3) is 2.95. The van der Waals surface area contributed by atoms with Crippen molar-refractivity contribution in [3.8, 4) is 22.9 Å². The van der Waals surface area contributed by atoms with Crippen molar-refractivity contribution in [1.82, 2.24) is 9.38 Å². The second kappa shape index (κ2) is 7.32. The zero-order valence-electron chi connectivity index (χ0n) is 17.5. The number of likely N-dealkylation sites (N-methyl/N-ethyl adjacent to an activating group) is 1. The summed E-state index contributed by atoms with van der Waals surface area (Å²) in [6, 6.07) is 19.4. The van der Waals surface area contributed by atoms with E-state index in [1.54, 1.807) is 26.2 Å². The van der Waals surface area contributed by atoms with Gasteiger partial charge in [-0.05, 0) is 42.5 Å². The highest BCUT2D eigenvalue weighted by molar-refractivity contribution is 6.35. The van der Waals surface area contributed by atoms with Crippen LogP contribution in [0.3, 0.4) is 0 Å². The number of benzene rings is 2. The topological polar surface area (TPSA) is 56.1 Å². The minimum atomic E-state index is -0.0362.